The molecule has 0 bridgehead atoms. The summed E-state index contributed by atoms with van der Waals surface area (Å²) in [7, 11) is 0. The topological polar surface area (TPSA) is 21.3 Å². The molecule has 1 aromatic rings. The summed E-state index contributed by atoms with van der Waals surface area (Å²) in [5.41, 5.74) is 1.12. The SMILES string of the molecule is CCCOc1ccc(Cl)cc1CNC(C)C. The summed E-state index contributed by atoms with van der Waals surface area (Å²) in [6.07, 6.45) is 1.01. The quantitative estimate of drug-likeness (QED) is 0.821. The minimum absolute atomic E-state index is 0.456. The number of ether oxygens (including phenoxy) is 1. The number of hydrogen-bond acceptors (Lipinski definition) is 2. The molecule has 0 saturated heterocycles. The fourth-order valence-electron chi connectivity index (χ4n) is 1.35. The smallest absolute Gasteiger partial charge is 0.123 e. The fourth-order valence-corrected chi connectivity index (χ4v) is 1.55. The van der Waals surface area contributed by atoms with Crippen LogP contribution in [0.15, 0.2) is 18.2 Å². The van der Waals surface area contributed by atoms with E-state index in [2.05, 4.69) is 26.1 Å². The third kappa shape index (κ3) is 4.42. The maximum absolute atomic E-state index is 5.98. The van der Waals surface area contributed by atoms with Crippen molar-refractivity contribution in [1.29, 1.82) is 0 Å². The second kappa shape index (κ2) is 6.77. The highest BCUT2D eigenvalue weighted by Gasteiger charge is 2.05. The monoisotopic (exact) mass is 241 g/mol. The largest absolute Gasteiger partial charge is 0.493 e. The van der Waals surface area contributed by atoms with Crippen LogP contribution in [-0.2, 0) is 6.54 Å². The summed E-state index contributed by atoms with van der Waals surface area (Å²) < 4.78 is 5.67. The van der Waals surface area contributed by atoms with E-state index in [1.165, 1.54) is 0 Å². The van der Waals surface area contributed by atoms with Crippen LogP contribution in [0.25, 0.3) is 0 Å². The van der Waals surface area contributed by atoms with Crippen LogP contribution < -0.4 is 10.1 Å². The van der Waals surface area contributed by atoms with Crippen molar-refractivity contribution in [1.82, 2.24) is 5.32 Å². The summed E-state index contributed by atoms with van der Waals surface area (Å²) in [6, 6.07) is 6.22. The van der Waals surface area contributed by atoms with Gasteiger partial charge in [0, 0.05) is 23.2 Å². The first-order valence-corrected chi connectivity index (χ1v) is 6.16. The molecule has 1 N–H and O–H groups in total. The van der Waals surface area contributed by atoms with Crippen LogP contribution in [0.5, 0.6) is 5.75 Å². The van der Waals surface area contributed by atoms with Crippen LogP contribution in [0.4, 0.5) is 0 Å². The van der Waals surface area contributed by atoms with Crippen LogP contribution in [-0.4, -0.2) is 12.6 Å². The van der Waals surface area contributed by atoms with Crippen LogP contribution in [0.1, 0.15) is 32.8 Å². The molecule has 0 fully saturated rings. The van der Waals surface area contributed by atoms with E-state index in [0.29, 0.717) is 6.04 Å². The van der Waals surface area contributed by atoms with Gasteiger partial charge in [-0.05, 0) is 24.6 Å². The van der Waals surface area contributed by atoms with Gasteiger partial charge in [0.1, 0.15) is 5.75 Å². The number of halogens is 1. The summed E-state index contributed by atoms with van der Waals surface area (Å²) in [4.78, 5) is 0. The Labute approximate surface area is 103 Å². The Balaban J connectivity index is 2.72. The van der Waals surface area contributed by atoms with Crippen molar-refractivity contribution in [3.8, 4) is 5.75 Å². The van der Waals surface area contributed by atoms with Gasteiger partial charge in [0.2, 0.25) is 0 Å². The summed E-state index contributed by atoms with van der Waals surface area (Å²) >= 11 is 5.98. The molecule has 0 radical (unpaired) electrons. The van der Waals surface area contributed by atoms with Crippen LogP contribution in [0.2, 0.25) is 5.02 Å². The summed E-state index contributed by atoms with van der Waals surface area (Å²) in [5.74, 6) is 0.930. The van der Waals surface area contributed by atoms with Gasteiger partial charge in [0.15, 0.2) is 0 Å². The molecule has 0 atom stereocenters. The van der Waals surface area contributed by atoms with Gasteiger partial charge in [-0.1, -0.05) is 32.4 Å². The van der Waals surface area contributed by atoms with E-state index in [9.17, 15) is 0 Å². The minimum Gasteiger partial charge on any atom is -0.493 e. The fraction of sp³-hybridized carbons (Fsp3) is 0.538. The Morgan fingerprint density at radius 1 is 1.38 bits per heavy atom. The van der Waals surface area contributed by atoms with Gasteiger partial charge >= 0.3 is 0 Å². The van der Waals surface area contributed by atoms with Crippen LogP contribution in [0, 0.1) is 0 Å². The summed E-state index contributed by atoms with van der Waals surface area (Å²) in [5, 5.41) is 4.12. The number of hydrogen-bond donors (Lipinski definition) is 1. The molecule has 1 aromatic carbocycles. The molecule has 0 aromatic heterocycles. The van der Waals surface area contributed by atoms with Gasteiger partial charge < -0.3 is 10.1 Å². The van der Waals surface area contributed by atoms with Crippen molar-refractivity contribution in [3.05, 3.63) is 28.8 Å². The third-order valence-corrected chi connectivity index (χ3v) is 2.42. The Morgan fingerprint density at radius 3 is 2.75 bits per heavy atom. The molecule has 0 unspecified atom stereocenters. The number of nitrogens with one attached hydrogen (secondary N) is 1. The van der Waals surface area contributed by atoms with Crippen molar-refractivity contribution in [2.45, 2.75) is 39.8 Å². The zero-order valence-corrected chi connectivity index (χ0v) is 11.0. The number of benzene rings is 1. The van der Waals surface area contributed by atoms with Gasteiger partial charge in [0.25, 0.3) is 0 Å². The molecular formula is C13H20ClNO. The molecule has 1 rings (SSSR count). The Morgan fingerprint density at radius 2 is 2.12 bits per heavy atom. The second-order valence-corrected chi connectivity index (χ2v) is 4.57. The molecule has 0 saturated carbocycles. The number of rotatable bonds is 6. The van der Waals surface area contributed by atoms with E-state index in [0.717, 1.165) is 35.9 Å². The lowest BCUT2D eigenvalue weighted by atomic mass is 10.2. The normalized spacial score (nSPS) is 10.8. The second-order valence-electron chi connectivity index (χ2n) is 4.14. The lowest BCUT2D eigenvalue weighted by Gasteiger charge is -2.13. The average molecular weight is 242 g/mol. The molecule has 0 heterocycles. The van der Waals surface area contributed by atoms with E-state index >= 15 is 0 Å². The van der Waals surface area contributed by atoms with E-state index in [-0.39, 0.29) is 0 Å². The highest BCUT2D eigenvalue weighted by atomic mass is 35.5. The van der Waals surface area contributed by atoms with Crippen molar-refractivity contribution in [2.75, 3.05) is 6.61 Å². The van der Waals surface area contributed by atoms with Crippen LogP contribution >= 0.6 is 11.6 Å². The molecular weight excluding hydrogens is 222 g/mol. The van der Waals surface area contributed by atoms with Gasteiger partial charge in [-0.2, -0.15) is 0 Å². The zero-order chi connectivity index (χ0) is 12.0. The van der Waals surface area contributed by atoms with Gasteiger partial charge in [0.05, 0.1) is 6.61 Å². The lowest BCUT2D eigenvalue weighted by molar-refractivity contribution is 0.313. The Hall–Kier alpha value is -0.730. The molecule has 0 aliphatic heterocycles. The predicted molar refractivity (Wildman–Crippen MR) is 69.2 cm³/mol. The van der Waals surface area contributed by atoms with Gasteiger partial charge in [-0.25, -0.2) is 0 Å². The highest BCUT2D eigenvalue weighted by Crippen LogP contribution is 2.23. The Kier molecular flexibility index (Phi) is 5.64. The molecule has 2 nitrogen and oxygen atoms in total. The van der Waals surface area contributed by atoms with Gasteiger partial charge in [-0.15, -0.1) is 0 Å². The first-order valence-electron chi connectivity index (χ1n) is 5.78. The molecule has 0 spiro atoms. The van der Waals surface area contributed by atoms with E-state index in [1.54, 1.807) is 0 Å². The standard InChI is InChI=1S/C13H20ClNO/c1-4-7-16-13-6-5-12(14)8-11(13)9-15-10(2)3/h5-6,8,10,15H,4,7,9H2,1-3H3. The van der Waals surface area contributed by atoms with E-state index in [4.69, 9.17) is 16.3 Å². The summed E-state index contributed by atoms with van der Waals surface area (Å²) in [6.45, 7) is 7.88. The van der Waals surface area contributed by atoms with Crippen molar-refractivity contribution in [3.63, 3.8) is 0 Å². The Bertz CT molecular complexity index is 326. The molecule has 0 amide bonds. The lowest BCUT2D eigenvalue weighted by Crippen LogP contribution is -2.22. The van der Waals surface area contributed by atoms with E-state index < -0.39 is 0 Å². The predicted octanol–water partition coefficient (Wildman–Crippen LogP) is 3.63. The molecule has 0 aliphatic rings. The van der Waals surface area contributed by atoms with Crippen molar-refractivity contribution >= 4 is 11.6 Å². The van der Waals surface area contributed by atoms with E-state index in [1.807, 2.05) is 18.2 Å². The first kappa shape index (κ1) is 13.3. The average Bonchev–Trinajstić information content (AvgIpc) is 2.25. The third-order valence-electron chi connectivity index (χ3n) is 2.18. The molecule has 0 aliphatic carbocycles. The zero-order valence-electron chi connectivity index (χ0n) is 10.2. The highest BCUT2D eigenvalue weighted by molar-refractivity contribution is 6.30. The van der Waals surface area contributed by atoms with Crippen molar-refractivity contribution < 1.29 is 4.74 Å². The van der Waals surface area contributed by atoms with Crippen molar-refractivity contribution in [2.24, 2.45) is 0 Å². The molecule has 16 heavy (non-hydrogen) atoms. The minimum atomic E-state index is 0.456. The maximum Gasteiger partial charge on any atom is 0.123 e. The molecule has 90 valence electrons. The molecule has 3 heteroatoms. The van der Waals surface area contributed by atoms with Gasteiger partial charge in [-0.3, -0.25) is 0 Å². The first-order chi connectivity index (χ1) is 7.63. The maximum atomic E-state index is 5.98. The van der Waals surface area contributed by atoms with Crippen LogP contribution in [0.3, 0.4) is 0 Å².